The number of fused-ring (bicyclic) bond motifs is 1. The van der Waals surface area contributed by atoms with E-state index in [1.54, 1.807) is 0 Å². The summed E-state index contributed by atoms with van der Waals surface area (Å²) < 4.78 is 40.9. The van der Waals surface area contributed by atoms with Gasteiger partial charge in [-0.15, -0.1) is 11.3 Å². The lowest BCUT2D eigenvalue weighted by atomic mass is 10.2. The molecule has 1 heterocycles. The molecule has 0 aliphatic heterocycles. The SMILES string of the molecule is O=C(Nc1nc2c(s1)CCCCC2)c1ccc(S(=O)(=O)Nc2ccccc2F)cc1. The van der Waals surface area contributed by atoms with E-state index in [1.165, 1.54) is 71.2 Å². The summed E-state index contributed by atoms with van der Waals surface area (Å²) in [5, 5.41) is 3.36. The van der Waals surface area contributed by atoms with Crippen LogP contribution in [0.4, 0.5) is 15.2 Å². The van der Waals surface area contributed by atoms with E-state index in [4.69, 9.17) is 0 Å². The van der Waals surface area contributed by atoms with Gasteiger partial charge >= 0.3 is 0 Å². The van der Waals surface area contributed by atoms with E-state index in [0.29, 0.717) is 10.7 Å². The monoisotopic (exact) mass is 445 g/mol. The number of anilines is 2. The largest absolute Gasteiger partial charge is 0.298 e. The first-order chi connectivity index (χ1) is 14.4. The van der Waals surface area contributed by atoms with Gasteiger partial charge < -0.3 is 0 Å². The third-order valence-corrected chi connectivity index (χ3v) is 7.32. The number of hydrogen-bond donors (Lipinski definition) is 2. The molecule has 2 N–H and O–H groups in total. The number of aryl methyl sites for hydroxylation is 2. The van der Waals surface area contributed by atoms with E-state index in [1.807, 2.05) is 0 Å². The standard InChI is InChI=1S/C21H20FN3O3S2/c22-16-6-4-5-7-17(16)25-30(27,28)15-12-10-14(11-13-15)20(26)24-21-23-18-8-2-1-3-9-19(18)29-21/h4-7,10-13,25H,1-3,8-9H2,(H,23,24,26). The van der Waals surface area contributed by atoms with Gasteiger partial charge in [0.05, 0.1) is 16.3 Å². The van der Waals surface area contributed by atoms with Crippen molar-refractivity contribution in [2.75, 3.05) is 10.0 Å². The van der Waals surface area contributed by atoms with Crippen molar-refractivity contribution in [2.24, 2.45) is 0 Å². The highest BCUT2D eigenvalue weighted by Gasteiger charge is 2.19. The highest BCUT2D eigenvalue weighted by molar-refractivity contribution is 7.92. The Hall–Kier alpha value is -2.78. The van der Waals surface area contributed by atoms with Gasteiger partial charge in [0, 0.05) is 10.4 Å². The van der Waals surface area contributed by atoms with E-state index >= 15 is 0 Å². The minimum Gasteiger partial charge on any atom is -0.298 e. The van der Waals surface area contributed by atoms with Gasteiger partial charge in [0.2, 0.25) is 0 Å². The lowest BCUT2D eigenvalue weighted by Gasteiger charge is -2.09. The number of hydrogen-bond acceptors (Lipinski definition) is 5. The number of benzene rings is 2. The Morgan fingerprint density at radius 1 is 1.00 bits per heavy atom. The van der Waals surface area contributed by atoms with Crippen LogP contribution in [0.1, 0.15) is 40.2 Å². The fraction of sp³-hybridized carbons (Fsp3) is 0.238. The van der Waals surface area contributed by atoms with Crippen molar-refractivity contribution in [1.29, 1.82) is 0 Å². The fourth-order valence-corrected chi connectivity index (χ4v) is 5.40. The smallest absolute Gasteiger partial charge is 0.261 e. The Bertz CT molecular complexity index is 1150. The van der Waals surface area contributed by atoms with Crippen LogP contribution in [0, 0.1) is 5.82 Å². The summed E-state index contributed by atoms with van der Waals surface area (Å²) in [5.41, 5.74) is 1.24. The number of nitrogens with zero attached hydrogens (tertiary/aromatic N) is 1. The second-order valence-electron chi connectivity index (χ2n) is 7.01. The number of carbonyl (C=O) groups excluding carboxylic acids is 1. The summed E-state index contributed by atoms with van der Waals surface area (Å²) in [6, 6.07) is 11.0. The second-order valence-corrected chi connectivity index (χ2v) is 9.78. The Kier molecular flexibility index (Phi) is 5.83. The Labute approximate surface area is 178 Å². The number of sulfonamides is 1. The van der Waals surface area contributed by atoms with Gasteiger partial charge in [-0.2, -0.15) is 0 Å². The zero-order valence-corrected chi connectivity index (χ0v) is 17.7. The van der Waals surface area contributed by atoms with Gasteiger partial charge in [-0.25, -0.2) is 17.8 Å². The van der Waals surface area contributed by atoms with Gasteiger partial charge in [0.1, 0.15) is 5.82 Å². The number of aromatic nitrogens is 1. The predicted molar refractivity (Wildman–Crippen MR) is 115 cm³/mol. The van der Waals surface area contributed by atoms with E-state index < -0.39 is 15.8 Å². The van der Waals surface area contributed by atoms with E-state index in [9.17, 15) is 17.6 Å². The van der Waals surface area contributed by atoms with Gasteiger partial charge in [-0.3, -0.25) is 14.8 Å². The summed E-state index contributed by atoms with van der Waals surface area (Å²) >= 11 is 1.50. The summed E-state index contributed by atoms with van der Waals surface area (Å²) in [4.78, 5) is 18.2. The number of carbonyl (C=O) groups is 1. The lowest BCUT2D eigenvalue weighted by molar-refractivity contribution is 0.102. The van der Waals surface area contributed by atoms with Crippen molar-refractivity contribution < 1.29 is 17.6 Å². The maximum absolute atomic E-state index is 13.7. The van der Waals surface area contributed by atoms with Crippen LogP contribution < -0.4 is 10.0 Å². The van der Waals surface area contributed by atoms with Crippen LogP contribution in [0.5, 0.6) is 0 Å². The summed E-state index contributed by atoms with van der Waals surface area (Å²) in [6.07, 6.45) is 5.37. The number of amides is 1. The molecule has 1 amide bonds. The molecule has 3 aromatic rings. The van der Waals surface area contributed by atoms with Crippen molar-refractivity contribution in [2.45, 2.75) is 37.0 Å². The molecular formula is C21H20FN3O3S2. The van der Waals surface area contributed by atoms with Crippen LogP contribution in [-0.2, 0) is 22.9 Å². The summed E-state index contributed by atoms with van der Waals surface area (Å²) in [6.45, 7) is 0. The molecule has 156 valence electrons. The van der Waals surface area contributed by atoms with Gasteiger partial charge in [0.25, 0.3) is 15.9 Å². The molecule has 4 rings (SSSR count). The molecule has 0 spiro atoms. The van der Waals surface area contributed by atoms with Crippen LogP contribution in [0.3, 0.4) is 0 Å². The molecule has 1 aliphatic rings. The normalized spacial score (nSPS) is 13.9. The molecule has 0 bridgehead atoms. The molecule has 0 saturated carbocycles. The molecule has 0 atom stereocenters. The third kappa shape index (κ3) is 4.52. The molecule has 9 heteroatoms. The van der Waals surface area contributed by atoms with Crippen molar-refractivity contribution in [3.05, 3.63) is 70.5 Å². The van der Waals surface area contributed by atoms with Crippen LogP contribution >= 0.6 is 11.3 Å². The van der Waals surface area contributed by atoms with Crippen molar-refractivity contribution >= 4 is 38.1 Å². The molecule has 2 aromatic carbocycles. The molecule has 1 aliphatic carbocycles. The molecular weight excluding hydrogens is 425 g/mol. The Morgan fingerprint density at radius 2 is 1.73 bits per heavy atom. The van der Waals surface area contributed by atoms with Gasteiger partial charge in [-0.1, -0.05) is 18.6 Å². The number of halogens is 1. The highest BCUT2D eigenvalue weighted by atomic mass is 32.2. The number of rotatable bonds is 5. The topological polar surface area (TPSA) is 88.2 Å². The molecule has 6 nitrogen and oxygen atoms in total. The van der Waals surface area contributed by atoms with Gasteiger partial charge in [-0.05, 0) is 62.1 Å². The van der Waals surface area contributed by atoms with Crippen LogP contribution in [0.25, 0.3) is 0 Å². The van der Waals surface area contributed by atoms with Crippen LogP contribution in [0.2, 0.25) is 0 Å². The molecule has 1 aromatic heterocycles. The summed E-state index contributed by atoms with van der Waals surface area (Å²) in [5.74, 6) is -1.02. The minimum atomic E-state index is -3.97. The maximum Gasteiger partial charge on any atom is 0.261 e. The Morgan fingerprint density at radius 3 is 2.50 bits per heavy atom. The first kappa shape index (κ1) is 20.5. The Balaban J connectivity index is 1.46. The zero-order chi connectivity index (χ0) is 21.1. The predicted octanol–water partition coefficient (Wildman–Crippen LogP) is 4.60. The van der Waals surface area contributed by atoms with E-state index in [-0.39, 0.29) is 16.5 Å². The molecule has 0 fully saturated rings. The lowest BCUT2D eigenvalue weighted by Crippen LogP contribution is -2.15. The average Bonchev–Trinajstić information content (AvgIpc) is 2.97. The minimum absolute atomic E-state index is 0.0664. The molecule has 0 radical (unpaired) electrons. The average molecular weight is 446 g/mol. The van der Waals surface area contributed by atoms with Crippen LogP contribution in [0.15, 0.2) is 53.4 Å². The first-order valence-corrected chi connectivity index (χ1v) is 11.9. The summed E-state index contributed by atoms with van der Waals surface area (Å²) in [7, 11) is -3.97. The van der Waals surface area contributed by atoms with E-state index in [0.717, 1.165) is 31.4 Å². The highest BCUT2D eigenvalue weighted by Crippen LogP contribution is 2.29. The van der Waals surface area contributed by atoms with Crippen molar-refractivity contribution in [1.82, 2.24) is 4.98 Å². The van der Waals surface area contributed by atoms with E-state index in [2.05, 4.69) is 15.0 Å². The quantitative estimate of drug-likeness (QED) is 0.562. The van der Waals surface area contributed by atoms with Crippen LogP contribution in [-0.4, -0.2) is 19.3 Å². The first-order valence-electron chi connectivity index (χ1n) is 9.60. The van der Waals surface area contributed by atoms with Gasteiger partial charge in [0.15, 0.2) is 5.13 Å². The molecule has 0 unspecified atom stereocenters. The third-order valence-electron chi connectivity index (χ3n) is 4.86. The van der Waals surface area contributed by atoms with Crippen molar-refractivity contribution in [3.8, 4) is 0 Å². The number of para-hydroxylation sites is 1. The maximum atomic E-state index is 13.7. The number of nitrogens with one attached hydrogen (secondary N) is 2. The number of thiazole rings is 1. The zero-order valence-electron chi connectivity index (χ0n) is 16.0. The molecule has 0 saturated heterocycles. The second kappa shape index (κ2) is 8.53. The molecule has 30 heavy (non-hydrogen) atoms. The van der Waals surface area contributed by atoms with Crippen molar-refractivity contribution in [3.63, 3.8) is 0 Å². The fourth-order valence-electron chi connectivity index (χ4n) is 3.28.